The molecule has 0 radical (unpaired) electrons. The van der Waals surface area contributed by atoms with Crippen LogP contribution in [-0.4, -0.2) is 9.97 Å². The van der Waals surface area contributed by atoms with E-state index in [0.717, 1.165) is 29.2 Å². The molecule has 0 bridgehead atoms. The second kappa shape index (κ2) is 3.56. The van der Waals surface area contributed by atoms with Crippen LogP contribution in [0, 0.1) is 6.92 Å². The monoisotopic (exact) mass is 232 g/mol. The number of H-pyrrole nitrogens is 1. The van der Waals surface area contributed by atoms with Crippen LogP contribution in [0.4, 0.5) is 0 Å². The number of thiophene rings is 1. The standard InChI is InChI=1S/C12H12N2OS/c1-7-2-5-10(16-7)9-6-11(15)14-12(13-9)8-3-4-8/h2,5-6,8H,3-4H2,1H3,(H,13,14,15). The van der Waals surface area contributed by atoms with Crippen molar-refractivity contribution in [3.63, 3.8) is 0 Å². The molecule has 0 atom stereocenters. The predicted octanol–water partition coefficient (Wildman–Crippen LogP) is 2.68. The Bertz CT molecular complexity index is 581. The molecule has 4 heteroatoms. The molecular formula is C12H12N2OS. The zero-order valence-electron chi connectivity index (χ0n) is 8.99. The Labute approximate surface area is 97.2 Å². The third-order valence-corrected chi connectivity index (χ3v) is 3.74. The Hall–Kier alpha value is -1.42. The smallest absolute Gasteiger partial charge is 0.251 e. The van der Waals surface area contributed by atoms with Gasteiger partial charge in [-0.05, 0) is 31.9 Å². The Morgan fingerprint density at radius 3 is 2.88 bits per heavy atom. The maximum atomic E-state index is 11.5. The molecule has 3 rings (SSSR count). The van der Waals surface area contributed by atoms with Gasteiger partial charge in [0, 0.05) is 16.9 Å². The number of nitrogens with zero attached hydrogens (tertiary/aromatic N) is 1. The summed E-state index contributed by atoms with van der Waals surface area (Å²) in [6.45, 7) is 2.06. The van der Waals surface area contributed by atoms with Gasteiger partial charge in [0.05, 0.1) is 10.6 Å². The van der Waals surface area contributed by atoms with Crippen molar-refractivity contribution < 1.29 is 0 Å². The summed E-state index contributed by atoms with van der Waals surface area (Å²) >= 11 is 1.68. The van der Waals surface area contributed by atoms with E-state index in [1.807, 2.05) is 6.07 Å². The van der Waals surface area contributed by atoms with Crippen LogP contribution in [0.1, 0.15) is 29.5 Å². The molecule has 0 spiro atoms. The van der Waals surface area contributed by atoms with E-state index in [9.17, 15) is 4.79 Å². The molecule has 0 aliphatic heterocycles. The molecule has 2 heterocycles. The van der Waals surface area contributed by atoms with Crippen LogP contribution in [0.2, 0.25) is 0 Å². The first-order valence-electron chi connectivity index (χ1n) is 5.40. The summed E-state index contributed by atoms with van der Waals surface area (Å²) in [5, 5.41) is 0. The second-order valence-corrected chi connectivity index (χ2v) is 5.49. The van der Waals surface area contributed by atoms with E-state index in [2.05, 4.69) is 23.0 Å². The van der Waals surface area contributed by atoms with Crippen molar-refractivity contribution >= 4 is 11.3 Å². The van der Waals surface area contributed by atoms with E-state index in [0.29, 0.717) is 5.92 Å². The number of aromatic nitrogens is 2. The van der Waals surface area contributed by atoms with Crippen molar-refractivity contribution in [2.45, 2.75) is 25.7 Å². The fourth-order valence-electron chi connectivity index (χ4n) is 1.73. The van der Waals surface area contributed by atoms with E-state index in [-0.39, 0.29) is 5.56 Å². The minimum Gasteiger partial charge on any atom is -0.310 e. The summed E-state index contributed by atoms with van der Waals surface area (Å²) < 4.78 is 0. The van der Waals surface area contributed by atoms with Gasteiger partial charge in [0.1, 0.15) is 5.82 Å². The van der Waals surface area contributed by atoms with Gasteiger partial charge in [0.15, 0.2) is 0 Å². The van der Waals surface area contributed by atoms with E-state index in [1.165, 1.54) is 4.88 Å². The lowest BCUT2D eigenvalue weighted by Crippen LogP contribution is -2.10. The summed E-state index contributed by atoms with van der Waals surface area (Å²) in [6.07, 6.45) is 2.30. The third kappa shape index (κ3) is 1.80. The molecule has 1 aliphatic rings. The maximum absolute atomic E-state index is 11.5. The topological polar surface area (TPSA) is 45.8 Å². The Morgan fingerprint density at radius 2 is 2.25 bits per heavy atom. The van der Waals surface area contributed by atoms with Gasteiger partial charge in [0.2, 0.25) is 0 Å². The van der Waals surface area contributed by atoms with Gasteiger partial charge in [-0.25, -0.2) is 4.98 Å². The molecule has 1 saturated carbocycles. The fourth-order valence-corrected chi connectivity index (χ4v) is 2.55. The average Bonchev–Trinajstić information content (AvgIpc) is 3.01. The van der Waals surface area contributed by atoms with Crippen LogP contribution < -0.4 is 5.56 Å². The summed E-state index contributed by atoms with van der Waals surface area (Å²) in [5.74, 6) is 1.34. The van der Waals surface area contributed by atoms with Gasteiger partial charge in [-0.3, -0.25) is 4.79 Å². The molecule has 16 heavy (non-hydrogen) atoms. The first-order chi connectivity index (χ1) is 7.72. The van der Waals surface area contributed by atoms with Crippen molar-refractivity contribution in [1.29, 1.82) is 0 Å². The minimum atomic E-state index is -0.0436. The zero-order valence-corrected chi connectivity index (χ0v) is 9.80. The molecule has 3 nitrogen and oxygen atoms in total. The number of aromatic amines is 1. The summed E-state index contributed by atoms with van der Waals surface area (Å²) in [4.78, 5) is 21.2. The number of aryl methyl sites for hydroxylation is 1. The quantitative estimate of drug-likeness (QED) is 0.865. The molecule has 0 amide bonds. The molecule has 2 aromatic heterocycles. The number of hydrogen-bond donors (Lipinski definition) is 1. The summed E-state index contributed by atoms with van der Waals surface area (Å²) in [5.41, 5.74) is 0.765. The van der Waals surface area contributed by atoms with Crippen LogP contribution in [0.15, 0.2) is 23.0 Å². The van der Waals surface area contributed by atoms with Crippen molar-refractivity contribution in [1.82, 2.24) is 9.97 Å². The van der Waals surface area contributed by atoms with E-state index < -0.39 is 0 Å². The van der Waals surface area contributed by atoms with E-state index in [1.54, 1.807) is 17.4 Å². The molecule has 1 aliphatic carbocycles. The van der Waals surface area contributed by atoms with Crippen LogP contribution in [0.25, 0.3) is 10.6 Å². The van der Waals surface area contributed by atoms with Gasteiger partial charge < -0.3 is 4.98 Å². The molecular weight excluding hydrogens is 220 g/mol. The van der Waals surface area contributed by atoms with Crippen molar-refractivity contribution in [3.8, 4) is 10.6 Å². The summed E-state index contributed by atoms with van der Waals surface area (Å²) in [6, 6.07) is 5.66. The number of rotatable bonds is 2. The zero-order chi connectivity index (χ0) is 11.1. The highest BCUT2D eigenvalue weighted by Crippen LogP contribution is 2.38. The van der Waals surface area contributed by atoms with Crippen LogP contribution in [-0.2, 0) is 0 Å². The van der Waals surface area contributed by atoms with Gasteiger partial charge in [0.25, 0.3) is 5.56 Å². The lowest BCUT2D eigenvalue weighted by Gasteiger charge is -2.00. The fraction of sp³-hybridized carbons (Fsp3) is 0.333. The first kappa shape index (κ1) is 9.78. The highest BCUT2D eigenvalue weighted by molar-refractivity contribution is 7.15. The van der Waals surface area contributed by atoms with Crippen LogP contribution in [0.3, 0.4) is 0 Å². The Morgan fingerprint density at radius 1 is 1.44 bits per heavy atom. The number of nitrogens with one attached hydrogen (secondary N) is 1. The van der Waals surface area contributed by atoms with Crippen molar-refractivity contribution in [2.75, 3.05) is 0 Å². The minimum absolute atomic E-state index is 0.0436. The normalized spacial score (nSPS) is 15.3. The van der Waals surface area contributed by atoms with Crippen molar-refractivity contribution in [2.24, 2.45) is 0 Å². The lowest BCUT2D eigenvalue weighted by molar-refractivity contribution is 0.913. The summed E-state index contributed by atoms with van der Waals surface area (Å²) in [7, 11) is 0. The van der Waals surface area contributed by atoms with Crippen LogP contribution in [0.5, 0.6) is 0 Å². The lowest BCUT2D eigenvalue weighted by atomic mass is 10.3. The predicted molar refractivity (Wildman–Crippen MR) is 64.9 cm³/mol. The highest BCUT2D eigenvalue weighted by atomic mass is 32.1. The Balaban J connectivity index is 2.09. The van der Waals surface area contributed by atoms with Gasteiger partial charge >= 0.3 is 0 Å². The number of hydrogen-bond acceptors (Lipinski definition) is 3. The average molecular weight is 232 g/mol. The first-order valence-corrected chi connectivity index (χ1v) is 6.22. The molecule has 2 aromatic rings. The van der Waals surface area contributed by atoms with Gasteiger partial charge in [-0.15, -0.1) is 11.3 Å². The molecule has 0 aromatic carbocycles. The molecule has 0 saturated heterocycles. The highest BCUT2D eigenvalue weighted by Gasteiger charge is 2.26. The molecule has 1 N–H and O–H groups in total. The van der Waals surface area contributed by atoms with Crippen molar-refractivity contribution in [3.05, 3.63) is 39.3 Å². The third-order valence-electron chi connectivity index (χ3n) is 2.72. The largest absolute Gasteiger partial charge is 0.310 e. The second-order valence-electron chi connectivity index (χ2n) is 4.20. The van der Waals surface area contributed by atoms with Crippen LogP contribution >= 0.6 is 11.3 Å². The SMILES string of the molecule is Cc1ccc(-c2cc(=O)[nH]c(C3CC3)n2)s1. The Kier molecular flexibility index (Phi) is 2.17. The van der Waals surface area contributed by atoms with Gasteiger partial charge in [-0.2, -0.15) is 0 Å². The van der Waals surface area contributed by atoms with E-state index >= 15 is 0 Å². The van der Waals surface area contributed by atoms with E-state index in [4.69, 9.17) is 0 Å². The molecule has 82 valence electrons. The molecule has 1 fully saturated rings. The molecule has 0 unspecified atom stereocenters. The van der Waals surface area contributed by atoms with Gasteiger partial charge in [-0.1, -0.05) is 0 Å². The maximum Gasteiger partial charge on any atom is 0.251 e.